The Kier molecular flexibility index (Phi) is 4.30. The minimum Gasteiger partial charge on any atom is -0.483 e. The van der Waals surface area contributed by atoms with Crippen LogP contribution in [-0.2, 0) is 4.79 Å². The molecule has 0 fully saturated rings. The number of aromatic nitrogens is 1. The lowest BCUT2D eigenvalue weighted by Crippen LogP contribution is -2.20. The number of ether oxygens (including phenoxy) is 1. The van der Waals surface area contributed by atoms with Crippen LogP contribution in [0.4, 0.5) is 5.13 Å². The summed E-state index contributed by atoms with van der Waals surface area (Å²) >= 11 is 1.48. The Hall–Kier alpha value is -2.40. The summed E-state index contributed by atoms with van der Waals surface area (Å²) in [5.74, 6) is 0.514. The van der Waals surface area contributed by atoms with E-state index in [2.05, 4.69) is 29.4 Å². The van der Waals surface area contributed by atoms with Crippen molar-refractivity contribution in [2.24, 2.45) is 0 Å². The summed E-state index contributed by atoms with van der Waals surface area (Å²) in [5.41, 5.74) is 4.26. The van der Waals surface area contributed by atoms with E-state index in [1.807, 2.05) is 38.1 Å². The van der Waals surface area contributed by atoms with Crippen LogP contribution in [0, 0.1) is 20.8 Å². The van der Waals surface area contributed by atoms with Gasteiger partial charge in [-0.05, 0) is 49.6 Å². The number of rotatable bonds is 4. The SMILES string of the molecule is Cc1cc(C)c2nc(NC(=O)COc3ccccc3C)sc2c1. The van der Waals surface area contributed by atoms with Gasteiger partial charge in [-0.15, -0.1) is 0 Å². The number of amides is 1. The van der Waals surface area contributed by atoms with Crippen molar-refractivity contribution in [1.82, 2.24) is 4.98 Å². The summed E-state index contributed by atoms with van der Waals surface area (Å²) in [6, 6.07) is 11.8. The van der Waals surface area contributed by atoms with Crippen molar-refractivity contribution in [3.05, 3.63) is 53.1 Å². The highest BCUT2D eigenvalue weighted by atomic mass is 32.1. The molecule has 1 aromatic heterocycles. The molecule has 5 heteroatoms. The monoisotopic (exact) mass is 326 g/mol. The fourth-order valence-corrected chi connectivity index (χ4v) is 3.50. The second-order valence-corrected chi connectivity index (χ2v) is 6.58. The van der Waals surface area contributed by atoms with Crippen molar-refractivity contribution in [1.29, 1.82) is 0 Å². The molecule has 4 nitrogen and oxygen atoms in total. The van der Waals surface area contributed by atoms with Gasteiger partial charge in [-0.2, -0.15) is 0 Å². The molecule has 118 valence electrons. The third-order valence-corrected chi connectivity index (χ3v) is 4.45. The minimum absolute atomic E-state index is 0.0290. The van der Waals surface area contributed by atoms with Crippen molar-refractivity contribution in [2.45, 2.75) is 20.8 Å². The van der Waals surface area contributed by atoms with Crippen LogP contribution in [0.1, 0.15) is 16.7 Å². The Morgan fingerprint density at radius 2 is 1.96 bits per heavy atom. The first kappa shape index (κ1) is 15.5. The standard InChI is InChI=1S/C18H18N2O2S/c1-11-8-13(3)17-15(9-11)23-18(20-17)19-16(21)10-22-14-7-5-4-6-12(14)2/h4-9H,10H2,1-3H3,(H,19,20,21). The Labute approximate surface area is 139 Å². The van der Waals surface area contributed by atoms with E-state index in [4.69, 9.17) is 4.74 Å². The molecule has 1 heterocycles. The highest BCUT2D eigenvalue weighted by molar-refractivity contribution is 7.22. The van der Waals surface area contributed by atoms with Gasteiger partial charge in [0.1, 0.15) is 5.75 Å². The van der Waals surface area contributed by atoms with Gasteiger partial charge in [-0.1, -0.05) is 35.6 Å². The van der Waals surface area contributed by atoms with Gasteiger partial charge in [0.15, 0.2) is 11.7 Å². The van der Waals surface area contributed by atoms with E-state index in [0.717, 1.165) is 27.1 Å². The van der Waals surface area contributed by atoms with Gasteiger partial charge >= 0.3 is 0 Å². The summed E-state index contributed by atoms with van der Waals surface area (Å²) in [5, 5.41) is 3.42. The van der Waals surface area contributed by atoms with Crippen LogP contribution < -0.4 is 10.1 Å². The normalized spacial score (nSPS) is 10.7. The number of carbonyl (C=O) groups excluding carboxylic acids is 1. The third-order valence-electron chi connectivity index (χ3n) is 3.53. The molecule has 0 radical (unpaired) electrons. The van der Waals surface area contributed by atoms with E-state index in [9.17, 15) is 4.79 Å². The predicted molar refractivity (Wildman–Crippen MR) is 94.4 cm³/mol. The highest BCUT2D eigenvalue weighted by Crippen LogP contribution is 2.29. The van der Waals surface area contributed by atoms with Gasteiger partial charge in [0.25, 0.3) is 5.91 Å². The van der Waals surface area contributed by atoms with Crippen molar-refractivity contribution in [3.8, 4) is 5.75 Å². The van der Waals surface area contributed by atoms with Crippen LogP contribution in [-0.4, -0.2) is 17.5 Å². The molecule has 0 aliphatic heterocycles. The van der Waals surface area contributed by atoms with E-state index in [1.54, 1.807) is 0 Å². The van der Waals surface area contributed by atoms with Gasteiger partial charge in [-0.3, -0.25) is 10.1 Å². The van der Waals surface area contributed by atoms with E-state index in [-0.39, 0.29) is 12.5 Å². The first-order valence-corrected chi connectivity index (χ1v) is 8.20. The number of thiazole rings is 1. The quantitative estimate of drug-likeness (QED) is 0.780. The molecular formula is C18H18N2O2S. The molecule has 0 unspecified atom stereocenters. The second kappa shape index (κ2) is 6.38. The molecule has 0 spiro atoms. The smallest absolute Gasteiger partial charge is 0.264 e. The van der Waals surface area contributed by atoms with Crippen LogP contribution in [0.25, 0.3) is 10.2 Å². The topological polar surface area (TPSA) is 51.2 Å². The molecule has 3 rings (SSSR count). The number of para-hydroxylation sites is 1. The lowest BCUT2D eigenvalue weighted by Gasteiger charge is -2.07. The van der Waals surface area contributed by atoms with Crippen LogP contribution in [0.2, 0.25) is 0 Å². The number of carbonyl (C=O) groups is 1. The predicted octanol–water partition coefficient (Wildman–Crippen LogP) is 4.24. The molecule has 1 N–H and O–H groups in total. The van der Waals surface area contributed by atoms with Gasteiger partial charge < -0.3 is 4.74 Å². The van der Waals surface area contributed by atoms with Crippen molar-refractivity contribution >= 4 is 32.6 Å². The Morgan fingerprint density at radius 1 is 1.17 bits per heavy atom. The third kappa shape index (κ3) is 3.51. The molecule has 0 atom stereocenters. The molecule has 2 aromatic carbocycles. The van der Waals surface area contributed by atoms with Crippen LogP contribution in [0.5, 0.6) is 5.75 Å². The molecule has 0 saturated heterocycles. The summed E-state index contributed by atoms with van der Waals surface area (Å²) in [7, 11) is 0. The van der Waals surface area contributed by atoms with Crippen LogP contribution in [0.15, 0.2) is 36.4 Å². The number of aryl methyl sites for hydroxylation is 3. The number of fused-ring (bicyclic) bond motifs is 1. The number of nitrogens with zero attached hydrogens (tertiary/aromatic N) is 1. The number of benzene rings is 2. The van der Waals surface area contributed by atoms with Gasteiger partial charge in [0.2, 0.25) is 0 Å². The average Bonchev–Trinajstić information content (AvgIpc) is 2.89. The number of anilines is 1. The van der Waals surface area contributed by atoms with E-state index < -0.39 is 0 Å². The molecule has 3 aromatic rings. The fourth-order valence-electron chi connectivity index (χ4n) is 2.44. The molecular weight excluding hydrogens is 308 g/mol. The van der Waals surface area contributed by atoms with E-state index in [0.29, 0.717) is 5.13 Å². The summed E-state index contributed by atoms with van der Waals surface area (Å²) < 4.78 is 6.63. The fraction of sp³-hybridized carbons (Fsp3) is 0.222. The summed E-state index contributed by atoms with van der Waals surface area (Å²) in [6.07, 6.45) is 0. The van der Waals surface area contributed by atoms with E-state index in [1.165, 1.54) is 16.9 Å². The van der Waals surface area contributed by atoms with E-state index >= 15 is 0 Å². The zero-order chi connectivity index (χ0) is 16.4. The second-order valence-electron chi connectivity index (χ2n) is 5.55. The maximum absolute atomic E-state index is 12.1. The van der Waals surface area contributed by atoms with Crippen molar-refractivity contribution in [3.63, 3.8) is 0 Å². The number of hydrogen-bond acceptors (Lipinski definition) is 4. The van der Waals surface area contributed by atoms with Gasteiger partial charge in [0, 0.05) is 0 Å². The first-order chi connectivity index (χ1) is 11.0. The average molecular weight is 326 g/mol. The van der Waals surface area contributed by atoms with Gasteiger partial charge in [0.05, 0.1) is 10.2 Å². The van der Waals surface area contributed by atoms with Gasteiger partial charge in [-0.25, -0.2) is 4.98 Å². The number of hydrogen-bond donors (Lipinski definition) is 1. The number of nitrogens with one attached hydrogen (secondary N) is 1. The zero-order valence-corrected chi connectivity index (χ0v) is 14.2. The lowest BCUT2D eigenvalue weighted by molar-refractivity contribution is -0.118. The minimum atomic E-state index is -0.207. The summed E-state index contributed by atoms with van der Waals surface area (Å²) in [4.78, 5) is 16.6. The molecule has 0 aliphatic carbocycles. The highest BCUT2D eigenvalue weighted by Gasteiger charge is 2.11. The Morgan fingerprint density at radius 3 is 2.74 bits per heavy atom. The first-order valence-electron chi connectivity index (χ1n) is 7.39. The maximum atomic E-state index is 12.1. The maximum Gasteiger partial charge on any atom is 0.264 e. The van der Waals surface area contributed by atoms with Crippen LogP contribution in [0.3, 0.4) is 0 Å². The molecule has 0 bridgehead atoms. The lowest BCUT2D eigenvalue weighted by atomic mass is 10.1. The summed E-state index contributed by atoms with van der Waals surface area (Å²) in [6.45, 7) is 6.01. The molecule has 0 aliphatic rings. The molecule has 0 saturated carbocycles. The van der Waals surface area contributed by atoms with Crippen LogP contribution >= 0.6 is 11.3 Å². The Bertz CT molecular complexity index is 871. The Balaban J connectivity index is 1.68. The molecule has 1 amide bonds. The largest absolute Gasteiger partial charge is 0.483 e. The van der Waals surface area contributed by atoms with Crippen molar-refractivity contribution < 1.29 is 9.53 Å². The molecule has 23 heavy (non-hydrogen) atoms. The zero-order valence-electron chi connectivity index (χ0n) is 13.3. The van der Waals surface area contributed by atoms with Crippen molar-refractivity contribution in [2.75, 3.05) is 11.9 Å².